The minimum Gasteiger partial charge on any atom is -0.499 e. The summed E-state index contributed by atoms with van der Waals surface area (Å²) < 4.78 is 27.1. The minimum atomic E-state index is -1.65. The van der Waals surface area contributed by atoms with Crippen LogP contribution in [-0.4, -0.2) is 61.2 Å². The van der Waals surface area contributed by atoms with Crippen molar-refractivity contribution >= 4 is 8.32 Å². The summed E-state index contributed by atoms with van der Waals surface area (Å²) in [4.78, 5) is 0. The van der Waals surface area contributed by atoms with Crippen LogP contribution in [0.4, 0.5) is 0 Å². The predicted octanol–water partition coefficient (Wildman–Crippen LogP) is 3.22. The Balaban J connectivity index is 3.29. The smallest absolute Gasteiger partial charge is 0.192 e. The van der Waals surface area contributed by atoms with Crippen molar-refractivity contribution in [2.45, 2.75) is 38.9 Å². The molecule has 0 bridgehead atoms. The third-order valence-corrected chi connectivity index (χ3v) is 8.24. The van der Waals surface area contributed by atoms with E-state index in [1.54, 1.807) is 0 Å². The van der Waals surface area contributed by atoms with E-state index in [0.717, 1.165) is 0 Å². The lowest BCUT2D eigenvalue weighted by Gasteiger charge is -2.36. The molecule has 0 heterocycles. The van der Waals surface area contributed by atoms with Gasteiger partial charge in [-0.3, -0.25) is 0 Å². The highest BCUT2D eigenvalue weighted by Gasteiger charge is 2.36. The lowest BCUT2D eigenvalue weighted by Crippen LogP contribution is -2.41. The Kier molecular flexibility index (Phi) is 11.9. The van der Waals surface area contributed by atoms with Crippen LogP contribution in [0.15, 0.2) is 12.8 Å². The quantitative estimate of drug-likeness (QED) is 0.277. The van der Waals surface area contributed by atoms with E-state index in [2.05, 4.69) is 40.4 Å². The predicted molar refractivity (Wildman–Crippen MR) is 91.8 cm³/mol. The third kappa shape index (κ3) is 11.2. The number of rotatable bonds is 14. The van der Waals surface area contributed by atoms with Crippen molar-refractivity contribution in [2.24, 2.45) is 0 Å². The molecular weight excluding hydrogens is 300 g/mol. The highest BCUT2D eigenvalue weighted by atomic mass is 28.4. The van der Waals surface area contributed by atoms with Gasteiger partial charge in [-0.1, -0.05) is 27.4 Å². The summed E-state index contributed by atoms with van der Waals surface area (Å²) in [7, 11) is -1.65. The lowest BCUT2D eigenvalue weighted by atomic mass is 10.2. The summed E-state index contributed by atoms with van der Waals surface area (Å²) in [5.41, 5.74) is 0. The van der Waals surface area contributed by atoms with E-state index < -0.39 is 8.32 Å². The molecule has 0 amide bonds. The molecule has 0 aliphatic carbocycles. The molecule has 0 aromatic carbocycles. The topological polar surface area (TPSA) is 46.2 Å². The summed E-state index contributed by atoms with van der Waals surface area (Å²) in [6, 6.07) is 0. The first-order valence-electron chi connectivity index (χ1n) is 7.91. The first-order valence-corrected chi connectivity index (χ1v) is 10.8. The molecule has 5 nitrogen and oxygen atoms in total. The molecule has 0 atom stereocenters. The molecule has 0 aliphatic heterocycles. The summed E-state index contributed by atoms with van der Waals surface area (Å²) in [6.45, 7) is 19.3. The SMILES string of the molecule is C=COCCOCCOCCOCCO[Si](C)(C)C(C)(C)C. The fourth-order valence-electron chi connectivity index (χ4n) is 1.30. The van der Waals surface area contributed by atoms with E-state index in [9.17, 15) is 0 Å². The van der Waals surface area contributed by atoms with Gasteiger partial charge in [-0.05, 0) is 18.1 Å². The van der Waals surface area contributed by atoms with Crippen molar-refractivity contribution in [3.05, 3.63) is 12.8 Å². The van der Waals surface area contributed by atoms with Crippen molar-refractivity contribution in [1.82, 2.24) is 0 Å². The van der Waals surface area contributed by atoms with Crippen LogP contribution in [0.1, 0.15) is 20.8 Å². The molecule has 0 aromatic rings. The van der Waals surface area contributed by atoms with Crippen LogP contribution < -0.4 is 0 Å². The van der Waals surface area contributed by atoms with Gasteiger partial charge < -0.3 is 23.4 Å². The third-order valence-electron chi connectivity index (χ3n) is 3.70. The maximum Gasteiger partial charge on any atom is 0.192 e. The van der Waals surface area contributed by atoms with E-state index in [1.807, 2.05) is 0 Å². The molecule has 0 saturated carbocycles. The Morgan fingerprint density at radius 1 is 0.773 bits per heavy atom. The van der Waals surface area contributed by atoms with Crippen molar-refractivity contribution in [3.63, 3.8) is 0 Å². The summed E-state index contributed by atoms with van der Waals surface area (Å²) in [5.74, 6) is 0. The minimum absolute atomic E-state index is 0.243. The molecular formula is C16H34O5Si. The first-order chi connectivity index (χ1) is 10.3. The summed E-state index contributed by atoms with van der Waals surface area (Å²) in [5, 5.41) is 0.243. The highest BCUT2D eigenvalue weighted by molar-refractivity contribution is 6.74. The molecule has 0 rings (SSSR count). The fraction of sp³-hybridized carbons (Fsp3) is 0.875. The number of hydrogen-bond acceptors (Lipinski definition) is 5. The van der Waals surface area contributed by atoms with Gasteiger partial charge in [0.25, 0.3) is 0 Å². The van der Waals surface area contributed by atoms with Crippen molar-refractivity contribution in [1.29, 1.82) is 0 Å². The molecule has 0 spiro atoms. The van der Waals surface area contributed by atoms with E-state index in [-0.39, 0.29) is 5.04 Å². The van der Waals surface area contributed by atoms with Gasteiger partial charge in [0, 0.05) is 0 Å². The second-order valence-corrected chi connectivity index (χ2v) is 11.3. The summed E-state index contributed by atoms with van der Waals surface area (Å²) in [6.07, 6.45) is 1.41. The number of hydrogen-bond donors (Lipinski definition) is 0. The largest absolute Gasteiger partial charge is 0.499 e. The second-order valence-electron chi connectivity index (χ2n) is 6.48. The Hall–Kier alpha value is -0.403. The molecule has 0 unspecified atom stereocenters. The maximum atomic E-state index is 6.02. The molecule has 22 heavy (non-hydrogen) atoms. The van der Waals surface area contributed by atoms with Crippen LogP contribution in [0.25, 0.3) is 0 Å². The van der Waals surface area contributed by atoms with E-state index >= 15 is 0 Å². The van der Waals surface area contributed by atoms with Crippen LogP contribution in [0.5, 0.6) is 0 Å². The monoisotopic (exact) mass is 334 g/mol. The molecule has 0 aliphatic rings. The van der Waals surface area contributed by atoms with Crippen LogP contribution in [0.2, 0.25) is 18.1 Å². The van der Waals surface area contributed by atoms with Gasteiger partial charge in [-0.2, -0.15) is 0 Å². The Bertz CT molecular complexity index is 276. The van der Waals surface area contributed by atoms with Crippen LogP contribution >= 0.6 is 0 Å². The molecule has 0 saturated heterocycles. The van der Waals surface area contributed by atoms with E-state index in [1.165, 1.54) is 6.26 Å². The van der Waals surface area contributed by atoms with Crippen LogP contribution in [0.3, 0.4) is 0 Å². The van der Waals surface area contributed by atoms with Gasteiger partial charge in [0.2, 0.25) is 0 Å². The zero-order chi connectivity index (χ0) is 16.9. The van der Waals surface area contributed by atoms with Crippen LogP contribution in [-0.2, 0) is 23.4 Å². The molecule has 132 valence electrons. The summed E-state index contributed by atoms with van der Waals surface area (Å²) >= 11 is 0. The molecule has 0 aromatic heterocycles. The first kappa shape index (κ1) is 21.6. The lowest BCUT2D eigenvalue weighted by molar-refractivity contribution is 0.00203. The molecule has 0 N–H and O–H groups in total. The average Bonchev–Trinajstić information content (AvgIpc) is 2.42. The fourth-order valence-corrected chi connectivity index (χ4v) is 2.33. The van der Waals surface area contributed by atoms with Crippen molar-refractivity contribution in [2.75, 3.05) is 52.9 Å². The van der Waals surface area contributed by atoms with Gasteiger partial charge in [0.05, 0.1) is 52.5 Å². The average molecular weight is 335 g/mol. The molecule has 6 heteroatoms. The Labute approximate surface area is 137 Å². The highest BCUT2D eigenvalue weighted by Crippen LogP contribution is 2.36. The van der Waals surface area contributed by atoms with Gasteiger partial charge in [0.1, 0.15) is 6.61 Å². The number of ether oxygens (including phenoxy) is 4. The van der Waals surface area contributed by atoms with Crippen molar-refractivity contribution < 1.29 is 23.4 Å². The van der Waals surface area contributed by atoms with Gasteiger partial charge in [-0.25, -0.2) is 0 Å². The molecule has 0 radical (unpaired) electrons. The second kappa shape index (κ2) is 12.1. The van der Waals surface area contributed by atoms with Crippen molar-refractivity contribution in [3.8, 4) is 0 Å². The normalized spacial score (nSPS) is 12.4. The zero-order valence-electron chi connectivity index (χ0n) is 15.0. The standard InChI is InChI=1S/C16H34O5Si/c1-7-17-8-9-18-10-11-19-12-13-20-14-15-21-22(5,6)16(2,3)4/h7H,1,8-15H2,2-6H3. The Morgan fingerprint density at radius 2 is 1.18 bits per heavy atom. The van der Waals surface area contributed by atoms with E-state index in [4.69, 9.17) is 23.4 Å². The van der Waals surface area contributed by atoms with Gasteiger partial charge >= 0.3 is 0 Å². The Morgan fingerprint density at radius 3 is 1.59 bits per heavy atom. The van der Waals surface area contributed by atoms with Gasteiger partial charge in [0.15, 0.2) is 8.32 Å². The van der Waals surface area contributed by atoms with E-state index in [0.29, 0.717) is 52.9 Å². The molecule has 0 fully saturated rings. The van der Waals surface area contributed by atoms with Crippen LogP contribution in [0, 0.1) is 0 Å². The zero-order valence-corrected chi connectivity index (χ0v) is 16.0. The maximum absolute atomic E-state index is 6.02. The van der Waals surface area contributed by atoms with Gasteiger partial charge in [-0.15, -0.1) is 0 Å².